The number of hydrogen-bond acceptors (Lipinski definition) is 1. The lowest BCUT2D eigenvalue weighted by atomic mass is 9.46. The molecule has 5 aliphatic rings. The molecule has 0 saturated heterocycles. The summed E-state index contributed by atoms with van der Waals surface area (Å²) in [5.41, 5.74) is 6.73. The van der Waals surface area contributed by atoms with Gasteiger partial charge >= 0.3 is 0 Å². The molecule has 96 valence electrons. The minimum atomic E-state index is 0.503. The molecule has 5 rings (SSSR count). The minimum absolute atomic E-state index is 0.503. The van der Waals surface area contributed by atoms with Gasteiger partial charge in [-0.1, -0.05) is 6.92 Å². The van der Waals surface area contributed by atoms with Crippen LogP contribution in [-0.2, 0) is 0 Å². The van der Waals surface area contributed by atoms with Crippen molar-refractivity contribution in [2.24, 2.45) is 46.7 Å². The van der Waals surface area contributed by atoms with Gasteiger partial charge in [-0.25, -0.2) is 0 Å². The first-order valence-corrected chi connectivity index (χ1v) is 7.90. The molecule has 0 heterocycles. The van der Waals surface area contributed by atoms with Crippen LogP contribution in [0.4, 0.5) is 0 Å². The third kappa shape index (κ3) is 1.47. The molecule has 0 spiro atoms. The van der Waals surface area contributed by atoms with Crippen molar-refractivity contribution in [3.63, 3.8) is 0 Å². The lowest BCUT2D eigenvalue weighted by Gasteiger charge is -2.59. The largest absolute Gasteiger partial charge is 0.330 e. The van der Waals surface area contributed by atoms with Gasteiger partial charge in [-0.2, -0.15) is 0 Å². The van der Waals surface area contributed by atoms with Crippen LogP contribution in [0.5, 0.6) is 0 Å². The molecular weight excluding hydrogens is 206 g/mol. The van der Waals surface area contributed by atoms with Crippen molar-refractivity contribution >= 4 is 0 Å². The van der Waals surface area contributed by atoms with Gasteiger partial charge in [0.1, 0.15) is 0 Å². The van der Waals surface area contributed by atoms with E-state index in [1.807, 2.05) is 0 Å². The highest BCUT2D eigenvalue weighted by Gasteiger charge is 2.57. The second-order valence-electron chi connectivity index (χ2n) is 7.94. The molecule has 5 aliphatic carbocycles. The van der Waals surface area contributed by atoms with Gasteiger partial charge in [0.05, 0.1) is 0 Å². The highest BCUT2D eigenvalue weighted by Crippen LogP contribution is 2.64. The number of hydrogen-bond donors (Lipinski definition) is 1. The van der Waals surface area contributed by atoms with Crippen LogP contribution in [0.2, 0.25) is 0 Å². The van der Waals surface area contributed by atoms with Gasteiger partial charge in [-0.15, -0.1) is 0 Å². The zero-order valence-corrected chi connectivity index (χ0v) is 11.2. The molecular formula is C16H27N. The van der Waals surface area contributed by atoms with E-state index in [0.717, 1.165) is 42.1 Å². The summed E-state index contributed by atoms with van der Waals surface area (Å²) in [6.45, 7) is 3.49. The van der Waals surface area contributed by atoms with Crippen LogP contribution < -0.4 is 5.73 Å². The molecule has 17 heavy (non-hydrogen) atoms. The summed E-state index contributed by atoms with van der Waals surface area (Å²) < 4.78 is 0. The van der Waals surface area contributed by atoms with Gasteiger partial charge in [-0.3, -0.25) is 0 Å². The van der Waals surface area contributed by atoms with E-state index < -0.39 is 0 Å². The topological polar surface area (TPSA) is 26.0 Å². The summed E-state index contributed by atoms with van der Waals surface area (Å²) >= 11 is 0. The predicted molar refractivity (Wildman–Crippen MR) is 70.4 cm³/mol. The van der Waals surface area contributed by atoms with Crippen LogP contribution in [0.3, 0.4) is 0 Å². The molecule has 0 aromatic rings. The first-order valence-electron chi connectivity index (χ1n) is 7.90. The summed E-state index contributed by atoms with van der Waals surface area (Å²) in [5.74, 6) is 6.30. The second kappa shape index (κ2) is 3.50. The molecule has 1 nitrogen and oxygen atoms in total. The van der Waals surface area contributed by atoms with E-state index in [1.54, 1.807) is 32.1 Å². The van der Waals surface area contributed by atoms with E-state index in [1.165, 1.54) is 12.8 Å². The van der Waals surface area contributed by atoms with Crippen molar-refractivity contribution in [1.29, 1.82) is 0 Å². The SMILES string of the molecule is CC(CN)(C1CC1)C1C2CC3CC(C2)CC1C3. The molecule has 1 unspecified atom stereocenters. The van der Waals surface area contributed by atoms with Gasteiger partial charge in [0.25, 0.3) is 0 Å². The molecule has 2 N–H and O–H groups in total. The quantitative estimate of drug-likeness (QED) is 0.794. The summed E-state index contributed by atoms with van der Waals surface area (Å²) in [5, 5.41) is 0. The Morgan fingerprint density at radius 1 is 0.941 bits per heavy atom. The molecule has 5 fully saturated rings. The maximum Gasteiger partial charge on any atom is -0.00177 e. The Balaban J connectivity index is 1.65. The van der Waals surface area contributed by atoms with E-state index in [-0.39, 0.29) is 0 Å². The van der Waals surface area contributed by atoms with Crippen molar-refractivity contribution in [3.8, 4) is 0 Å². The van der Waals surface area contributed by atoms with Gasteiger partial charge in [0.2, 0.25) is 0 Å². The maximum atomic E-state index is 6.23. The molecule has 0 aliphatic heterocycles. The van der Waals surface area contributed by atoms with Crippen LogP contribution in [0, 0.1) is 40.9 Å². The highest BCUT2D eigenvalue weighted by atomic mass is 14.7. The smallest absolute Gasteiger partial charge is 0.00177 e. The Labute approximate surface area is 106 Å². The van der Waals surface area contributed by atoms with Gasteiger partial charge < -0.3 is 5.73 Å². The molecule has 4 bridgehead atoms. The first kappa shape index (κ1) is 10.8. The summed E-state index contributed by atoms with van der Waals surface area (Å²) in [6, 6.07) is 0. The number of rotatable bonds is 3. The average molecular weight is 233 g/mol. The molecule has 0 amide bonds. The second-order valence-corrected chi connectivity index (χ2v) is 7.94. The average Bonchev–Trinajstić information content (AvgIpc) is 3.11. The van der Waals surface area contributed by atoms with E-state index in [0.29, 0.717) is 5.41 Å². The number of nitrogens with two attached hydrogens (primary N) is 1. The van der Waals surface area contributed by atoms with Gasteiger partial charge in [-0.05, 0) is 92.4 Å². The lowest BCUT2D eigenvalue weighted by molar-refractivity contribution is -0.0959. The summed E-state index contributed by atoms with van der Waals surface area (Å²) in [6.07, 6.45) is 10.7. The zero-order valence-electron chi connectivity index (χ0n) is 11.2. The van der Waals surface area contributed by atoms with Crippen molar-refractivity contribution in [2.45, 2.75) is 51.9 Å². The van der Waals surface area contributed by atoms with Crippen LogP contribution in [0.1, 0.15) is 51.9 Å². The molecule has 1 atom stereocenters. The standard InChI is InChI=1S/C16H27N/c1-16(9-17,14-2-3-14)15-12-5-10-4-11(7-12)8-13(15)6-10/h10-15H,2-9,17H2,1H3. The monoisotopic (exact) mass is 233 g/mol. The van der Waals surface area contributed by atoms with Crippen LogP contribution in [-0.4, -0.2) is 6.54 Å². The van der Waals surface area contributed by atoms with Crippen molar-refractivity contribution in [1.82, 2.24) is 0 Å². The lowest BCUT2D eigenvalue weighted by Crippen LogP contribution is -2.53. The minimum Gasteiger partial charge on any atom is -0.330 e. The van der Waals surface area contributed by atoms with Crippen LogP contribution in [0.15, 0.2) is 0 Å². The third-order valence-corrected chi connectivity index (χ3v) is 6.94. The Bertz CT molecular complexity index is 291. The Morgan fingerprint density at radius 2 is 1.47 bits per heavy atom. The fourth-order valence-electron chi connectivity index (χ4n) is 6.32. The summed E-state index contributed by atoms with van der Waals surface area (Å²) in [7, 11) is 0. The van der Waals surface area contributed by atoms with Crippen molar-refractivity contribution in [2.75, 3.05) is 6.54 Å². The zero-order chi connectivity index (χ0) is 11.6. The van der Waals surface area contributed by atoms with Gasteiger partial charge in [0.15, 0.2) is 0 Å². The third-order valence-electron chi connectivity index (χ3n) is 6.94. The first-order chi connectivity index (χ1) is 8.20. The Kier molecular flexibility index (Phi) is 2.23. The Morgan fingerprint density at radius 3 is 1.88 bits per heavy atom. The van der Waals surface area contributed by atoms with E-state index in [2.05, 4.69) is 6.92 Å². The molecule has 0 aromatic heterocycles. The molecule has 0 aromatic carbocycles. The van der Waals surface area contributed by atoms with E-state index >= 15 is 0 Å². The molecule has 0 radical (unpaired) electrons. The molecule has 5 saturated carbocycles. The Hall–Kier alpha value is -0.0400. The predicted octanol–water partition coefficient (Wildman–Crippen LogP) is 3.43. The van der Waals surface area contributed by atoms with E-state index in [4.69, 9.17) is 5.73 Å². The van der Waals surface area contributed by atoms with Crippen molar-refractivity contribution in [3.05, 3.63) is 0 Å². The maximum absolute atomic E-state index is 6.23. The van der Waals surface area contributed by atoms with Crippen LogP contribution >= 0.6 is 0 Å². The highest BCUT2D eigenvalue weighted by molar-refractivity contribution is 5.07. The fourth-order valence-corrected chi connectivity index (χ4v) is 6.32. The van der Waals surface area contributed by atoms with Crippen molar-refractivity contribution < 1.29 is 0 Å². The normalized spacial score (nSPS) is 51.5. The summed E-state index contributed by atoms with van der Waals surface area (Å²) in [4.78, 5) is 0. The van der Waals surface area contributed by atoms with Crippen LogP contribution in [0.25, 0.3) is 0 Å². The van der Waals surface area contributed by atoms with E-state index in [9.17, 15) is 0 Å². The molecule has 1 heteroatoms. The fraction of sp³-hybridized carbons (Fsp3) is 1.00. The van der Waals surface area contributed by atoms with Gasteiger partial charge in [0, 0.05) is 0 Å².